The number of likely N-dealkylation sites (tertiary alicyclic amines) is 1. The van der Waals surface area contributed by atoms with Crippen LogP contribution in [0.2, 0.25) is 0 Å². The third kappa shape index (κ3) is 3.69. The van der Waals surface area contributed by atoms with Gasteiger partial charge < -0.3 is 10.2 Å². The Hall–Kier alpha value is -2.82. The van der Waals surface area contributed by atoms with E-state index >= 15 is 0 Å². The van der Waals surface area contributed by atoms with Crippen LogP contribution in [-0.4, -0.2) is 46.8 Å². The molecule has 1 aromatic rings. The van der Waals surface area contributed by atoms with Gasteiger partial charge in [0.1, 0.15) is 6.04 Å². The first-order chi connectivity index (χ1) is 10.9. The van der Waals surface area contributed by atoms with Gasteiger partial charge in [0.05, 0.1) is 19.2 Å². The van der Waals surface area contributed by atoms with E-state index in [1.807, 2.05) is 0 Å². The molecule has 0 radical (unpaired) electrons. The van der Waals surface area contributed by atoms with Crippen molar-refractivity contribution in [2.75, 3.05) is 13.1 Å². The standard InChI is InChI=1S/C15H14F2N4O2/c1-2-10-7-19-4-3-12(10)14(23)20-8-13(22)21-9-15(16,17)5-11(21)6-18/h2-4,7,11H,1,5,8-9H2,(H,20,23). The number of pyridine rings is 1. The highest BCUT2D eigenvalue weighted by molar-refractivity contribution is 5.99. The van der Waals surface area contributed by atoms with Crippen LogP contribution in [-0.2, 0) is 4.79 Å². The molecule has 1 saturated heterocycles. The average Bonchev–Trinajstić information content (AvgIpc) is 2.87. The Balaban J connectivity index is 2.01. The van der Waals surface area contributed by atoms with Crippen LogP contribution in [0.3, 0.4) is 0 Å². The molecule has 0 aromatic carbocycles. The second-order valence-electron chi connectivity index (χ2n) is 5.08. The zero-order valence-corrected chi connectivity index (χ0v) is 12.1. The number of amides is 2. The van der Waals surface area contributed by atoms with Gasteiger partial charge in [0, 0.05) is 29.9 Å². The molecule has 1 atom stereocenters. The summed E-state index contributed by atoms with van der Waals surface area (Å²) in [4.78, 5) is 28.7. The normalized spacial score (nSPS) is 19.0. The Bertz CT molecular complexity index is 684. The van der Waals surface area contributed by atoms with Crippen LogP contribution in [0.25, 0.3) is 6.08 Å². The Morgan fingerprint density at radius 2 is 2.35 bits per heavy atom. The molecule has 8 heteroatoms. The van der Waals surface area contributed by atoms with Crippen molar-refractivity contribution in [1.82, 2.24) is 15.2 Å². The molecule has 2 amide bonds. The summed E-state index contributed by atoms with van der Waals surface area (Å²) in [7, 11) is 0. The van der Waals surface area contributed by atoms with Crippen molar-refractivity contribution >= 4 is 17.9 Å². The van der Waals surface area contributed by atoms with Crippen molar-refractivity contribution in [3.63, 3.8) is 0 Å². The largest absolute Gasteiger partial charge is 0.343 e. The van der Waals surface area contributed by atoms with E-state index in [0.717, 1.165) is 4.90 Å². The van der Waals surface area contributed by atoms with E-state index in [-0.39, 0.29) is 5.56 Å². The summed E-state index contributed by atoms with van der Waals surface area (Å²) in [6.45, 7) is 2.28. The molecule has 1 unspecified atom stereocenters. The van der Waals surface area contributed by atoms with E-state index in [1.54, 1.807) is 6.07 Å². The van der Waals surface area contributed by atoms with Gasteiger partial charge in [-0.3, -0.25) is 14.6 Å². The summed E-state index contributed by atoms with van der Waals surface area (Å²) >= 11 is 0. The maximum atomic E-state index is 13.3. The highest BCUT2D eigenvalue weighted by Crippen LogP contribution is 2.31. The Morgan fingerprint density at radius 3 is 3.00 bits per heavy atom. The lowest BCUT2D eigenvalue weighted by Crippen LogP contribution is -2.43. The van der Waals surface area contributed by atoms with E-state index in [2.05, 4.69) is 16.9 Å². The Kier molecular flexibility index (Phi) is 4.69. The molecule has 1 fully saturated rings. The lowest BCUT2D eigenvalue weighted by atomic mass is 10.1. The zero-order valence-electron chi connectivity index (χ0n) is 12.1. The number of aromatic nitrogens is 1. The van der Waals surface area contributed by atoms with Gasteiger partial charge in [0.2, 0.25) is 5.91 Å². The van der Waals surface area contributed by atoms with Crippen LogP contribution < -0.4 is 5.32 Å². The third-order valence-electron chi connectivity index (χ3n) is 3.46. The highest BCUT2D eigenvalue weighted by atomic mass is 19.3. The summed E-state index contributed by atoms with van der Waals surface area (Å²) in [5.74, 6) is -4.35. The molecule has 0 saturated carbocycles. The smallest absolute Gasteiger partial charge is 0.268 e. The summed E-state index contributed by atoms with van der Waals surface area (Å²) in [6.07, 6.45) is 3.61. The van der Waals surface area contributed by atoms with Crippen LogP contribution in [0.5, 0.6) is 0 Å². The quantitative estimate of drug-likeness (QED) is 0.903. The molecule has 1 aliphatic rings. The second-order valence-corrected chi connectivity index (χ2v) is 5.08. The van der Waals surface area contributed by atoms with Gasteiger partial charge in [0.15, 0.2) is 0 Å². The predicted molar refractivity (Wildman–Crippen MR) is 77.3 cm³/mol. The molecule has 0 spiro atoms. The summed E-state index contributed by atoms with van der Waals surface area (Å²) in [6, 6.07) is 1.95. The van der Waals surface area contributed by atoms with Gasteiger partial charge in [-0.25, -0.2) is 8.78 Å². The maximum absolute atomic E-state index is 13.3. The number of hydrogen-bond donors (Lipinski definition) is 1. The molecular weight excluding hydrogens is 306 g/mol. The lowest BCUT2D eigenvalue weighted by Gasteiger charge is -2.19. The molecule has 2 heterocycles. The van der Waals surface area contributed by atoms with Crippen LogP contribution in [0.4, 0.5) is 8.78 Å². The van der Waals surface area contributed by atoms with Crippen LogP contribution in [0.15, 0.2) is 25.0 Å². The van der Waals surface area contributed by atoms with Crippen LogP contribution in [0.1, 0.15) is 22.3 Å². The van der Waals surface area contributed by atoms with E-state index in [4.69, 9.17) is 5.26 Å². The zero-order chi connectivity index (χ0) is 17.0. The molecule has 0 aliphatic carbocycles. The molecule has 120 valence electrons. The molecule has 1 N–H and O–H groups in total. The van der Waals surface area contributed by atoms with Crippen molar-refractivity contribution in [2.24, 2.45) is 0 Å². The molecule has 2 rings (SSSR count). The fourth-order valence-corrected chi connectivity index (χ4v) is 2.32. The first-order valence-electron chi connectivity index (χ1n) is 6.79. The number of rotatable bonds is 4. The first kappa shape index (κ1) is 16.5. The number of nitriles is 1. The minimum Gasteiger partial charge on any atom is -0.343 e. The predicted octanol–water partition coefficient (Wildman–Crippen LogP) is 1.21. The molecule has 23 heavy (non-hydrogen) atoms. The number of carbonyl (C=O) groups excluding carboxylic acids is 2. The Labute approximate surface area is 131 Å². The van der Waals surface area contributed by atoms with Gasteiger partial charge in [-0.1, -0.05) is 12.7 Å². The fraction of sp³-hybridized carbons (Fsp3) is 0.333. The number of hydrogen-bond acceptors (Lipinski definition) is 4. The number of halogens is 2. The van der Waals surface area contributed by atoms with Gasteiger partial charge >= 0.3 is 0 Å². The number of nitrogens with zero attached hydrogens (tertiary/aromatic N) is 3. The SMILES string of the molecule is C=Cc1cnccc1C(=O)NCC(=O)N1CC(F)(F)CC1C#N. The minimum atomic E-state index is -3.08. The van der Waals surface area contributed by atoms with Crippen molar-refractivity contribution < 1.29 is 18.4 Å². The van der Waals surface area contributed by atoms with Crippen molar-refractivity contribution in [3.05, 3.63) is 36.2 Å². The second kappa shape index (κ2) is 6.52. The van der Waals surface area contributed by atoms with Crippen molar-refractivity contribution in [2.45, 2.75) is 18.4 Å². The fourth-order valence-electron chi connectivity index (χ4n) is 2.32. The monoisotopic (exact) mass is 320 g/mol. The van der Waals surface area contributed by atoms with Gasteiger partial charge in [0.25, 0.3) is 11.8 Å². The number of alkyl halides is 2. The molecule has 1 aromatic heterocycles. The molecular formula is C15H14F2N4O2. The highest BCUT2D eigenvalue weighted by Gasteiger charge is 2.47. The lowest BCUT2D eigenvalue weighted by molar-refractivity contribution is -0.131. The van der Waals surface area contributed by atoms with Crippen molar-refractivity contribution in [3.8, 4) is 6.07 Å². The number of carbonyl (C=O) groups is 2. The average molecular weight is 320 g/mol. The minimum absolute atomic E-state index is 0.270. The molecule has 6 nitrogen and oxygen atoms in total. The van der Waals surface area contributed by atoms with Crippen LogP contribution >= 0.6 is 0 Å². The Morgan fingerprint density at radius 1 is 1.61 bits per heavy atom. The summed E-state index contributed by atoms with van der Waals surface area (Å²) in [5.41, 5.74) is 0.756. The number of nitrogens with one attached hydrogen (secondary N) is 1. The topological polar surface area (TPSA) is 86.1 Å². The van der Waals surface area contributed by atoms with Crippen molar-refractivity contribution in [1.29, 1.82) is 5.26 Å². The van der Waals surface area contributed by atoms with Gasteiger partial charge in [-0.2, -0.15) is 5.26 Å². The third-order valence-corrected chi connectivity index (χ3v) is 3.46. The summed E-state index contributed by atoms with van der Waals surface area (Å²) < 4.78 is 26.6. The van der Waals surface area contributed by atoms with Crippen LogP contribution in [0, 0.1) is 11.3 Å². The van der Waals surface area contributed by atoms with E-state index < -0.39 is 43.3 Å². The van der Waals surface area contributed by atoms with Gasteiger partial charge in [-0.05, 0) is 6.07 Å². The van der Waals surface area contributed by atoms with Gasteiger partial charge in [-0.15, -0.1) is 0 Å². The molecule has 1 aliphatic heterocycles. The molecule has 0 bridgehead atoms. The van der Waals surface area contributed by atoms with E-state index in [9.17, 15) is 18.4 Å². The van der Waals surface area contributed by atoms with E-state index in [1.165, 1.54) is 24.5 Å². The van der Waals surface area contributed by atoms with E-state index in [0.29, 0.717) is 5.56 Å². The summed E-state index contributed by atoms with van der Waals surface area (Å²) in [5, 5.41) is 11.2. The first-order valence-corrected chi connectivity index (χ1v) is 6.79. The maximum Gasteiger partial charge on any atom is 0.268 e.